The molecule has 0 N–H and O–H groups in total. The van der Waals surface area contributed by atoms with Crippen molar-refractivity contribution in [2.24, 2.45) is 35.5 Å². The van der Waals surface area contributed by atoms with Gasteiger partial charge in [0, 0.05) is 71.3 Å². The number of carboxylic acid groups (broad SMARTS) is 6. The van der Waals surface area contributed by atoms with Gasteiger partial charge < -0.3 is 59.4 Å². The van der Waals surface area contributed by atoms with Gasteiger partial charge in [0.1, 0.15) is 0 Å². The molecule has 0 amide bonds. The molecule has 0 spiro atoms. The van der Waals surface area contributed by atoms with Crippen molar-refractivity contribution >= 4 is 70.5 Å². The largest absolute Gasteiger partial charge is 3.00 e. The molecule has 0 aromatic carbocycles. The molecule has 0 rings (SSSR count). The zero-order chi connectivity index (χ0) is 31.3. The van der Waals surface area contributed by atoms with Gasteiger partial charge in [-0.2, -0.15) is 0 Å². The molecule has 41 heavy (non-hydrogen) atoms. The third kappa shape index (κ3) is 22.5. The summed E-state index contributed by atoms with van der Waals surface area (Å²) in [5.41, 5.74) is 0. The van der Waals surface area contributed by atoms with Gasteiger partial charge in [-0.3, -0.25) is 0 Å². The van der Waals surface area contributed by atoms with Crippen LogP contribution in [-0.2, 0) is 28.8 Å². The van der Waals surface area contributed by atoms with Gasteiger partial charge in [-0.25, -0.2) is 0 Å². The number of rotatable bonds is 15. The second-order valence-electron chi connectivity index (χ2n) is 8.51. The molecule has 6 atom stereocenters. The van der Waals surface area contributed by atoms with Crippen LogP contribution in [0.15, 0.2) is 36.5 Å². The van der Waals surface area contributed by atoms with Crippen molar-refractivity contribution in [2.45, 2.75) is 60.8 Å². The van der Waals surface area contributed by atoms with Gasteiger partial charge in [0.2, 0.25) is 0 Å². The Morgan fingerprint density at radius 2 is 0.610 bits per heavy atom. The number of carboxylic acids is 6. The minimum Gasteiger partial charge on any atom is -0.550 e. The van der Waals surface area contributed by atoms with Gasteiger partial charge in [-0.15, -0.1) is 0 Å². The SMILES string of the molecule is CC=CCC(C(=O)[O-])C(C)C(=O)[O-].CC=CCC(C(=O)[O-])C(C)C(=O)[O-].CC=CCC(C(=O)[O-])C(C)C(=O)[O-].[Al+3].[Al+3]. The second-order valence-corrected chi connectivity index (χ2v) is 8.51. The quantitative estimate of drug-likeness (QED) is 0.126. The Hall–Kier alpha value is -2.90. The molecule has 0 fully saturated rings. The maximum Gasteiger partial charge on any atom is 3.00 e. The molecule has 0 saturated heterocycles. The van der Waals surface area contributed by atoms with E-state index in [4.69, 9.17) is 0 Å². The van der Waals surface area contributed by atoms with E-state index < -0.39 is 71.3 Å². The first-order valence-electron chi connectivity index (χ1n) is 12.1. The van der Waals surface area contributed by atoms with Crippen molar-refractivity contribution in [1.82, 2.24) is 0 Å². The van der Waals surface area contributed by atoms with Gasteiger partial charge in [-0.1, -0.05) is 57.2 Å². The Labute approximate surface area is 262 Å². The maximum absolute atomic E-state index is 10.5. The fraction of sp³-hybridized carbons (Fsp3) is 0.556. The van der Waals surface area contributed by atoms with E-state index in [0.29, 0.717) is 0 Å². The summed E-state index contributed by atoms with van der Waals surface area (Å²) in [6, 6.07) is 0. The number of allylic oxidation sites excluding steroid dienone is 6. The molecule has 14 heteroatoms. The number of carbonyl (C=O) groups is 6. The summed E-state index contributed by atoms with van der Waals surface area (Å²) in [6.07, 6.45) is 10.3. The minimum absolute atomic E-state index is 0. The van der Waals surface area contributed by atoms with E-state index in [0.717, 1.165) is 0 Å². The Kier molecular flexibility index (Phi) is 31.9. The van der Waals surface area contributed by atoms with Gasteiger partial charge in [0.25, 0.3) is 0 Å². The van der Waals surface area contributed by atoms with Crippen LogP contribution in [0.3, 0.4) is 0 Å². The predicted molar refractivity (Wildman–Crippen MR) is 138 cm³/mol. The normalized spacial score (nSPS) is 14.8. The molecule has 222 valence electrons. The van der Waals surface area contributed by atoms with Crippen molar-refractivity contribution in [3.05, 3.63) is 36.5 Å². The third-order valence-corrected chi connectivity index (χ3v) is 5.71. The molecule has 0 aromatic rings. The topological polar surface area (TPSA) is 241 Å². The van der Waals surface area contributed by atoms with Crippen molar-refractivity contribution < 1.29 is 59.4 Å². The zero-order valence-corrected chi connectivity index (χ0v) is 26.4. The summed E-state index contributed by atoms with van der Waals surface area (Å²) in [5.74, 6) is -14.3. The van der Waals surface area contributed by atoms with Gasteiger partial charge in [0.05, 0.1) is 0 Å². The summed E-state index contributed by atoms with van der Waals surface area (Å²) in [5, 5.41) is 62.7. The molecule has 0 aliphatic carbocycles. The predicted octanol–water partition coefficient (Wildman–Crippen LogP) is -4.65. The summed E-state index contributed by atoms with van der Waals surface area (Å²) >= 11 is 0. The Morgan fingerprint density at radius 1 is 0.439 bits per heavy atom. The van der Waals surface area contributed by atoms with Crippen LogP contribution in [0.25, 0.3) is 0 Å². The van der Waals surface area contributed by atoms with Crippen LogP contribution in [0.1, 0.15) is 60.8 Å². The van der Waals surface area contributed by atoms with Crippen LogP contribution < -0.4 is 30.6 Å². The molecule has 0 heterocycles. The molecule has 0 aliphatic rings. The van der Waals surface area contributed by atoms with E-state index in [1.165, 1.54) is 20.8 Å². The fourth-order valence-corrected chi connectivity index (χ4v) is 2.85. The third-order valence-electron chi connectivity index (χ3n) is 5.71. The first kappa shape index (κ1) is 47.9. The summed E-state index contributed by atoms with van der Waals surface area (Å²) in [4.78, 5) is 62.7. The van der Waals surface area contributed by atoms with Crippen LogP contribution >= 0.6 is 0 Å². The molecule has 0 aromatic heterocycles. The first-order chi connectivity index (χ1) is 18.0. The van der Waals surface area contributed by atoms with E-state index in [1.54, 1.807) is 57.2 Å². The van der Waals surface area contributed by atoms with Crippen LogP contribution in [-0.4, -0.2) is 70.5 Å². The molecule has 0 saturated carbocycles. The van der Waals surface area contributed by atoms with Crippen LogP contribution in [0.2, 0.25) is 0 Å². The van der Waals surface area contributed by atoms with Crippen molar-refractivity contribution in [3.63, 3.8) is 0 Å². The van der Waals surface area contributed by atoms with Crippen LogP contribution in [0, 0.1) is 35.5 Å². The maximum atomic E-state index is 10.5. The molecular formula is C27H36Al2O12. The number of hydrogen-bond acceptors (Lipinski definition) is 12. The number of carbonyl (C=O) groups excluding carboxylic acids is 6. The monoisotopic (exact) mass is 606 g/mol. The summed E-state index contributed by atoms with van der Waals surface area (Å²) in [7, 11) is 0. The zero-order valence-electron chi connectivity index (χ0n) is 24.1. The molecule has 0 radical (unpaired) electrons. The summed E-state index contributed by atoms with van der Waals surface area (Å²) in [6.45, 7) is 9.11. The average Bonchev–Trinajstić information content (AvgIpc) is 2.84. The Bertz CT molecular complexity index is 785. The molecule has 12 nitrogen and oxygen atoms in total. The second kappa shape index (κ2) is 27.3. The van der Waals surface area contributed by atoms with E-state index in [-0.39, 0.29) is 54.0 Å². The van der Waals surface area contributed by atoms with Gasteiger partial charge in [-0.05, 0) is 40.0 Å². The smallest absolute Gasteiger partial charge is 0.550 e. The molecule has 0 aliphatic heterocycles. The standard InChI is InChI=1S/3C9H14O4.2Al/c3*1-3-4-5-7(9(12)13)6(2)8(10)11;;/h3*3-4,6-7H,5H2,1-2H3,(H,10,11)(H,12,13);;/q;;;2*+3/p-6. The van der Waals surface area contributed by atoms with Crippen molar-refractivity contribution in [2.75, 3.05) is 0 Å². The number of aliphatic carboxylic acids is 6. The molecular weight excluding hydrogens is 570 g/mol. The van der Waals surface area contributed by atoms with Crippen LogP contribution in [0.5, 0.6) is 0 Å². The molecule has 0 bridgehead atoms. The van der Waals surface area contributed by atoms with E-state index >= 15 is 0 Å². The molecule has 6 unspecified atom stereocenters. The Morgan fingerprint density at radius 3 is 0.707 bits per heavy atom. The van der Waals surface area contributed by atoms with E-state index in [1.807, 2.05) is 0 Å². The van der Waals surface area contributed by atoms with Crippen LogP contribution in [0.4, 0.5) is 0 Å². The minimum atomic E-state index is -1.36. The van der Waals surface area contributed by atoms with Crippen molar-refractivity contribution in [3.8, 4) is 0 Å². The van der Waals surface area contributed by atoms with Gasteiger partial charge >= 0.3 is 34.7 Å². The summed E-state index contributed by atoms with van der Waals surface area (Å²) < 4.78 is 0. The average molecular weight is 607 g/mol. The van der Waals surface area contributed by atoms with Gasteiger partial charge in [0.15, 0.2) is 0 Å². The van der Waals surface area contributed by atoms with E-state index in [9.17, 15) is 59.4 Å². The van der Waals surface area contributed by atoms with Crippen molar-refractivity contribution in [1.29, 1.82) is 0 Å². The number of hydrogen-bond donors (Lipinski definition) is 0. The Balaban J connectivity index is -0.000000154. The first-order valence-corrected chi connectivity index (χ1v) is 12.1. The fourth-order valence-electron chi connectivity index (χ4n) is 2.85. The van der Waals surface area contributed by atoms with E-state index in [2.05, 4.69) is 0 Å².